The Kier molecular flexibility index (Phi) is 4.43. The van der Waals surface area contributed by atoms with E-state index in [0.29, 0.717) is 18.0 Å². The van der Waals surface area contributed by atoms with Gasteiger partial charge in [-0.3, -0.25) is 4.98 Å². The zero-order valence-electron chi connectivity index (χ0n) is 12.8. The summed E-state index contributed by atoms with van der Waals surface area (Å²) in [5, 5.41) is 0. The molecule has 0 N–H and O–H groups in total. The number of carbonyl (C=O) groups is 1. The predicted molar refractivity (Wildman–Crippen MR) is 86.1 cm³/mol. The largest absolute Gasteiger partial charge is 0.419 e. The van der Waals surface area contributed by atoms with Crippen LogP contribution in [0.15, 0.2) is 73.2 Å². The molecular formula is C19H17N2O2+. The average Bonchev–Trinajstić information content (AvgIpc) is 2.58. The molecule has 1 heterocycles. The summed E-state index contributed by atoms with van der Waals surface area (Å²) in [4.78, 5) is 16.5. The van der Waals surface area contributed by atoms with Gasteiger partial charge >= 0.3 is 11.7 Å². The quantitative estimate of drug-likeness (QED) is 0.423. The smallest absolute Gasteiger partial charge is 0.410 e. The summed E-state index contributed by atoms with van der Waals surface area (Å²) in [5.74, 6) is 0.105. The highest BCUT2D eigenvalue weighted by Crippen LogP contribution is 2.12. The van der Waals surface area contributed by atoms with Gasteiger partial charge in [0.1, 0.15) is 11.9 Å². The van der Waals surface area contributed by atoms with E-state index in [1.54, 1.807) is 24.5 Å². The van der Waals surface area contributed by atoms with E-state index in [9.17, 15) is 4.79 Å². The highest BCUT2D eigenvalue weighted by atomic mass is 16.5. The lowest BCUT2D eigenvalue weighted by molar-refractivity contribution is -0.691. The van der Waals surface area contributed by atoms with E-state index >= 15 is 0 Å². The lowest BCUT2D eigenvalue weighted by atomic mass is 10.2. The van der Waals surface area contributed by atoms with Crippen LogP contribution in [0.4, 0.5) is 0 Å². The Morgan fingerprint density at radius 3 is 2.57 bits per heavy atom. The molecule has 0 spiro atoms. The SMILES string of the molecule is Cc1ccc(OC(=O)c2cncc[n+]2Cc2ccccc2)cc1. The van der Waals surface area contributed by atoms with Crippen molar-refractivity contribution < 1.29 is 14.1 Å². The van der Waals surface area contributed by atoms with Gasteiger partial charge in [-0.2, -0.15) is 4.57 Å². The monoisotopic (exact) mass is 305 g/mol. The van der Waals surface area contributed by atoms with Crippen molar-refractivity contribution in [3.05, 3.63) is 90.0 Å². The first-order valence-electron chi connectivity index (χ1n) is 7.38. The Balaban J connectivity index is 1.82. The first-order chi connectivity index (χ1) is 11.2. The summed E-state index contributed by atoms with van der Waals surface area (Å²) in [6.07, 6.45) is 4.96. The van der Waals surface area contributed by atoms with E-state index in [4.69, 9.17) is 4.74 Å². The average molecular weight is 305 g/mol. The fourth-order valence-electron chi connectivity index (χ4n) is 2.24. The van der Waals surface area contributed by atoms with Gasteiger partial charge in [0.2, 0.25) is 0 Å². The summed E-state index contributed by atoms with van der Waals surface area (Å²) in [6.45, 7) is 2.57. The highest BCUT2D eigenvalue weighted by Gasteiger charge is 2.21. The van der Waals surface area contributed by atoms with Crippen LogP contribution in [0.2, 0.25) is 0 Å². The van der Waals surface area contributed by atoms with E-state index in [0.717, 1.165) is 11.1 Å². The molecule has 0 saturated heterocycles. The zero-order chi connectivity index (χ0) is 16.1. The van der Waals surface area contributed by atoms with Crippen molar-refractivity contribution in [2.75, 3.05) is 0 Å². The van der Waals surface area contributed by atoms with E-state index in [1.165, 1.54) is 6.20 Å². The number of benzene rings is 2. The van der Waals surface area contributed by atoms with E-state index < -0.39 is 5.97 Å². The Morgan fingerprint density at radius 1 is 1.09 bits per heavy atom. The second-order valence-corrected chi connectivity index (χ2v) is 5.28. The van der Waals surface area contributed by atoms with Crippen LogP contribution in [-0.4, -0.2) is 11.0 Å². The van der Waals surface area contributed by atoms with Crippen molar-refractivity contribution in [2.24, 2.45) is 0 Å². The number of esters is 1. The first kappa shape index (κ1) is 14.9. The molecule has 0 aliphatic heterocycles. The minimum atomic E-state index is -0.419. The number of carbonyl (C=O) groups excluding carboxylic acids is 1. The molecule has 0 fully saturated rings. The van der Waals surface area contributed by atoms with Crippen LogP contribution in [0, 0.1) is 6.92 Å². The normalized spacial score (nSPS) is 10.3. The number of hydrogen-bond donors (Lipinski definition) is 0. The molecular weight excluding hydrogens is 288 g/mol. The molecule has 3 rings (SSSR count). The summed E-state index contributed by atoms with van der Waals surface area (Å²) >= 11 is 0. The van der Waals surface area contributed by atoms with Gasteiger partial charge in [-0.15, -0.1) is 0 Å². The van der Waals surface area contributed by atoms with E-state index in [1.807, 2.05) is 54.0 Å². The van der Waals surface area contributed by atoms with Crippen molar-refractivity contribution in [3.8, 4) is 5.75 Å². The molecule has 2 aromatic carbocycles. The number of nitrogens with zero attached hydrogens (tertiary/aromatic N) is 2. The molecule has 4 nitrogen and oxygen atoms in total. The lowest BCUT2D eigenvalue weighted by Crippen LogP contribution is -2.42. The molecule has 4 heteroatoms. The first-order valence-corrected chi connectivity index (χ1v) is 7.38. The standard InChI is InChI=1S/C19H17N2O2/c1-15-7-9-17(10-8-15)23-19(22)18-13-20-11-12-21(18)14-16-5-3-2-4-6-16/h2-13H,14H2,1H3/q+1. The van der Waals surface area contributed by atoms with Gasteiger partial charge in [0.05, 0.1) is 6.20 Å². The number of rotatable bonds is 4. The van der Waals surface area contributed by atoms with Crippen molar-refractivity contribution in [1.82, 2.24) is 4.98 Å². The van der Waals surface area contributed by atoms with Crippen LogP contribution < -0.4 is 9.30 Å². The summed E-state index contributed by atoms with van der Waals surface area (Å²) < 4.78 is 7.27. The van der Waals surface area contributed by atoms with Crippen LogP contribution in [0.3, 0.4) is 0 Å². The van der Waals surface area contributed by atoms with Crippen LogP contribution >= 0.6 is 0 Å². The van der Waals surface area contributed by atoms with Gasteiger partial charge in [-0.1, -0.05) is 48.0 Å². The third kappa shape index (κ3) is 3.80. The molecule has 114 valence electrons. The number of hydrogen-bond acceptors (Lipinski definition) is 3. The molecule has 0 unspecified atom stereocenters. The Morgan fingerprint density at radius 2 is 1.83 bits per heavy atom. The van der Waals surface area contributed by atoms with Crippen molar-refractivity contribution in [2.45, 2.75) is 13.5 Å². The molecule has 23 heavy (non-hydrogen) atoms. The predicted octanol–water partition coefficient (Wildman–Crippen LogP) is 2.95. The maximum atomic E-state index is 12.4. The molecule has 3 aromatic rings. The summed E-state index contributed by atoms with van der Waals surface area (Å²) in [5.41, 5.74) is 2.63. The van der Waals surface area contributed by atoms with Crippen molar-refractivity contribution in [1.29, 1.82) is 0 Å². The van der Waals surface area contributed by atoms with Gasteiger partial charge in [0.25, 0.3) is 0 Å². The van der Waals surface area contributed by atoms with Gasteiger partial charge < -0.3 is 4.74 Å². The van der Waals surface area contributed by atoms with Crippen molar-refractivity contribution >= 4 is 5.97 Å². The maximum Gasteiger partial charge on any atom is 0.410 e. The number of ether oxygens (including phenoxy) is 1. The molecule has 0 atom stereocenters. The number of aromatic nitrogens is 2. The van der Waals surface area contributed by atoms with Gasteiger partial charge in [0, 0.05) is 5.56 Å². The van der Waals surface area contributed by atoms with Crippen LogP contribution in [0.5, 0.6) is 5.75 Å². The third-order valence-electron chi connectivity index (χ3n) is 3.48. The minimum Gasteiger partial charge on any atom is -0.419 e. The van der Waals surface area contributed by atoms with E-state index in [2.05, 4.69) is 4.98 Å². The Labute approximate surface area is 135 Å². The van der Waals surface area contributed by atoms with E-state index in [-0.39, 0.29) is 0 Å². The minimum absolute atomic E-state index is 0.414. The lowest BCUT2D eigenvalue weighted by Gasteiger charge is -2.05. The fraction of sp³-hybridized carbons (Fsp3) is 0.105. The molecule has 0 saturated carbocycles. The van der Waals surface area contributed by atoms with Gasteiger partial charge in [-0.05, 0) is 19.1 Å². The van der Waals surface area contributed by atoms with Gasteiger partial charge in [0.15, 0.2) is 12.7 Å². The van der Waals surface area contributed by atoms with Crippen molar-refractivity contribution in [3.63, 3.8) is 0 Å². The topological polar surface area (TPSA) is 43.1 Å². The molecule has 0 aliphatic carbocycles. The second-order valence-electron chi connectivity index (χ2n) is 5.28. The third-order valence-corrected chi connectivity index (χ3v) is 3.48. The number of aryl methyl sites for hydroxylation is 1. The maximum absolute atomic E-state index is 12.4. The summed E-state index contributed by atoms with van der Waals surface area (Å²) in [7, 11) is 0. The van der Waals surface area contributed by atoms with Crippen LogP contribution in [0.25, 0.3) is 0 Å². The Bertz CT molecular complexity index is 799. The molecule has 1 aromatic heterocycles. The highest BCUT2D eigenvalue weighted by molar-refractivity contribution is 5.87. The van der Waals surface area contributed by atoms with Gasteiger partial charge in [-0.25, -0.2) is 4.79 Å². The summed E-state index contributed by atoms with van der Waals surface area (Å²) in [6, 6.07) is 17.3. The van der Waals surface area contributed by atoms with Crippen LogP contribution in [0.1, 0.15) is 21.6 Å². The van der Waals surface area contributed by atoms with Crippen LogP contribution in [-0.2, 0) is 6.54 Å². The molecule has 0 bridgehead atoms. The zero-order valence-corrected chi connectivity index (χ0v) is 12.8. The Hall–Kier alpha value is -3.01. The fourth-order valence-corrected chi connectivity index (χ4v) is 2.24. The molecule has 0 amide bonds. The second kappa shape index (κ2) is 6.83. The molecule has 0 radical (unpaired) electrons. The molecule has 0 aliphatic rings.